The van der Waals surface area contributed by atoms with Gasteiger partial charge < -0.3 is 5.11 Å². The first-order chi connectivity index (χ1) is 9.76. The first kappa shape index (κ1) is 13.3. The van der Waals surface area contributed by atoms with Crippen LogP contribution < -0.4 is 5.56 Å². The number of nitrogens with zero attached hydrogens (tertiary/aromatic N) is 4. The van der Waals surface area contributed by atoms with Crippen molar-refractivity contribution in [3.05, 3.63) is 28.4 Å². The van der Waals surface area contributed by atoms with Gasteiger partial charge in [-0.25, -0.2) is 9.97 Å². The standard InChI is InChI=1S/C13H19N5O2/c19-5-3-10-2-1-4-17(7-10)8-11-6-12(20)18-13(16-11)14-9-15-18/h6,9-10,19H,1-5,7-8H2,(H,14,15,16). The number of piperidine rings is 1. The van der Waals surface area contributed by atoms with Gasteiger partial charge in [-0.2, -0.15) is 4.52 Å². The third-order valence-electron chi connectivity index (χ3n) is 3.85. The van der Waals surface area contributed by atoms with Crippen LogP contribution in [0.4, 0.5) is 0 Å². The highest BCUT2D eigenvalue weighted by molar-refractivity contribution is 5.25. The van der Waals surface area contributed by atoms with E-state index in [1.54, 1.807) is 6.07 Å². The Morgan fingerprint density at radius 2 is 2.40 bits per heavy atom. The maximum absolute atomic E-state index is 11.9. The molecule has 1 fully saturated rings. The Bertz CT molecular complexity index is 633. The van der Waals surface area contributed by atoms with E-state index < -0.39 is 0 Å². The van der Waals surface area contributed by atoms with Crippen molar-refractivity contribution in [2.45, 2.75) is 25.8 Å². The molecule has 7 nitrogen and oxygen atoms in total. The molecule has 1 aliphatic rings. The maximum atomic E-state index is 11.9. The largest absolute Gasteiger partial charge is 0.396 e. The number of aliphatic hydroxyl groups excluding tert-OH is 1. The zero-order valence-electron chi connectivity index (χ0n) is 11.3. The molecule has 108 valence electrons. The SMILES string of the molecule is O=c1cc(CN2CCCC(CCO)C2)nc2nc[nH]n12. The lowest BCUT2D eigenvalue weighted by molar-refractivity contribution is 0.141. The molecule has 1 unspecified atom stereocenters. The van der Waals surface area contributed by atoms with E-state index in [0.717, 1.165) is 31.6 Å². The molecule has 1 atom stereocenters. The van der Waals surface area contributed by atoms with Gasteiger partial charge in [0.1, 0.15) is 6.33 Å². The summed E-state index contributed by atoms with van der Waals surface area (Å²) in [6.07, 6.45) is 4.62. The molecule has 7 heteroatoms. The molecule has 0 aromatic carbocycles. The lowest BCUT2D eigenvalue weighted by Gasteiger charge is -2.32. The Balaban J connectivity index is 1.73. The summed E-state index contributed by atoms with van der Waals surface area (Å²) in [6, 6.07) is 1.56. The molecule has 1 saturated heterocycles. The van der Waals surface area contributed by atoms with Gasteiger partial charge in [-0.3, -0.25) is 14.8 Å². The number of aliphatic hydroxyl groups is 1. The summed E-state index contributed by atoms with van der Waals surface area (Å²) in [5.41, 5.74) is 0.623. The summed E-state index contributed by atoms with van der Waals surface area (Å²) in [5.74, 6) is 0.959. The molecule has 0 spiro atoms. The van der Waals surface area contributed by atoms with Gasteiger partial charge in [-0.05, 0) is 31.7 Å². The van der Waals surface area contributed by atoms with Crippen LogP contribution >= 0.6 is 0 Å². The Hall–Kier alpha value is -1.73. The second-order valence-electron chi connectivity index (χ2n) is 5.36. The van der Waals surface area contributed by atoms with E-state index in [0.29, 0.717) is 18.2 Å². The number of nitrogens with one attached hydrogen (secondary N) is 1. The average molecular weight is 277 g/mol. The highest BCUT2D eigenvalue weighted by atomic mass is 16.3. The molecule has 20 heavy (non-hydrogen) atoms. The van der Waals surface area contributed by atoms with Crippen molar-refractivity contribution in [3.63, 3.8) is 0 Å². The van der Waals surface area contributed by atoms with Crippen molar-refractivity contribution in [1.82, 2.24) is 24.5 Å². The topological polar surface area (TPSA) is 86.5 Å². The van der Waals surface area contributed by atoms with Crippen LogP contribution in [0, 0.1) is 5.92 Å². The number of H-pyrrole nitrogens is 1. The van der Waals surface area contributed by atoms with Crippen LogP contribution in [0.5, 0.6) is 0 Å². The number of rotatable bonds is 4. The van der Waals surface area contributed by atoms with Crippen molar-refractivity contribution in [2.75, 3.05) is 19.7 Å². The molecule has 0 aliphatic carbocycles. The van der Waals surface area contributed by atoms with Gasteiger partial charge in [0.25, 0.3) is 11.3 Å². The van der Waals surface area contributed by atoms with Gasteiger partial charge in [0.2, 0.25) is 0 Å². The zero-order chi connectivity index (χ0) is 13.9. The Morgan fingerprint density at radius 1 is 1.50 bits per heavy atom. The minimum absolute atomic E-state index is 0.133. The van der Waals surface area contributed by atoms with Gasteiger partial charge in [0.05, 0.1) is 5.69 Å². The summed E-state index contributed by atoms with van der Waals surface area (Å²) in [4.78, 5) is 22.6. The van der Waals surface area contributed by atoms with Crippen LogP contribution in [-0.4, -0.2) is 49.3 Å². The quantitative estimate of drug-likeness (QED) is 0.822. The highest BCUT2D eigenvalue weighted by Gasteiger charge is 2.20. The van der Waals surface area contributed by atoms with Crippen LogP contribution in [-0.2, 0) is 6.54 Å². The monoisotopic (exact) mass is 277 g/mol. The van der Waals surface area contributed by atoms with Gasteiger partial charge in [0.15, 0.2) is 0 Å². The first-order valence-corrected chi connectivity index (χ1v) is 7.01. The predicted molar refractivity (Wildman–Crippen MR) is 73.3 cm³/mol. The normalized spacial score (nSPS) is 20.6. The molecule has 3 rings (SSSR count). The molecule has 0 amide bonds. The van der Waals surface area contributed by atoms with E-state index in [1.165, 1.54) is 17.3 Å². The summed E-state index contributed by atoms with van der Waals surface area (Å²) >= 11 is 0. The summed E-state index contributed by atoms with van der Waals surface area (Å²) in [5, 5.41) is 11.8. The molecule has 1 aliphatic heterocycles. The summed E-state index contributed by atoms with van der Waals surface area (Å²) in [7, 11) is 0. The van der Waals surface area contributed by atoms with Crippen LogP contribution in [0.2, 0.25) is 0 Å². The van der Waals surface area contributed by atoms with Crippen molar-refractivity contribution in [3.8, 4) is 0 Å². The van der Waals surface area contributed by atoms with Crippen molar-refractivity contribution >= 4 is 5.78 Å². The highest BCUT2D eigenvalue weighted by Crippen LogP contribution is 2.20. The number of hydrogen-bond acceptors (Lipinski definition) is 5. The Kier molecular flexibility index (Phi) is 3.79. The van der Waals surface area contributed by atoms with Crippen LogP contribution in [0.25, 0.3) is 5.78 Å². The molecule has 0 saturated carbocycles. The molecular formula is C13H19N5O2. The molecule has 3 heterocycles. The molecule has 0 bridgehead atoms. The fourth-order valence-electron chi connectivity index (χ4n) is 2.89. The van der Waals surface area contributed by atoms with Crippen LogP contribution in [0.1, 0.15) is 25.0 Å². The second kappa shape index (κ2) is 5.72. The fourth-order valence-corrected chi connectivity index (χ4v) is 2.89. The number of hydrogen-bond donors (Lipinski definition) is 2. The van der Waals surface area contributed by atoms with Crippen molar-refractivity contribution in [2.24, 2.45) is 5.92 Å². The van der Waals surface area contributed by atoms with Crippen molar-refractivity contribution < 1.29 is 5.11 Å². The van der Waals surface area contributed by atoms with Gasteiger partial charge in [-0.15, -0.1) is 0 Å². The molecule has 2 aromatic heterocycles. The molecule has 2 aromatic rings. The van der Waals surface area contributed by atoms with Gasteiger partial charge >= 0.3 is 0 Å². The molecular weight excluding hydrogens is 258 g/mol. The van der Waals surface area contributed by atoms with E-state index in [-0.39, 0.29) is 12.2 Å². The van der Waals surface area contributed by atoms with E-state index >= 15 is 0 Å². The van der Waals surface area contributed by atoms with E-state index in [4.69, 9.17) is 5.11 Å². The third kappa shape index (κ3) is 2.73. The minimum Gasteiger partial charge on any atom is -0.396 e. The smallest absolute Gasteiger partial charge is 0.274 e. The Labute approximate surface area is 116 Å². The second-order valence-corrected chi connectivity index (χ2v) is 5.36. The van der Waals surface area contributed by atoms with E-state index in [2.05, 4.69) is 20.0 Å². The number of likely N-dealkylation sites (tertiary alicyclic amines) is 1. The first-order valence-electron chi connectivity index (χ1n) is 7.01. The predicted octanol–water partition coefficient (Wildman–Crippen LogP) is 0.0120. The van der Waals surface area contributed by atoms with Gasteiger partial charge in [-0.1, -0.05) is 0 Å². The lowest BCUT2D eigenvalue weighted by Crippen LogP contribution is -2.35. The van der Waals surface area contributed by atoms with Crippen LogP contribution in [0.15, 0.2) is 17.2 Å². The third-order valence-corrected chi connectivity index (χ3v) is 3.85. The number of aromatic amines is 1. The average Bonchev–Trinajstić information content (AvgIpc) is 2.88. The lowest BCUT2D eigenvalue weighted by atomic mass is 9.95. The van der Waals surface area contributed by atoms with Gasteiger partial charge in [0, 0.05) is 25.8 Å². The summed E-state index contributed by atoms with van der Waals surface area (Å²) < 4.78 is 1.33. The molecule has 2 N–H and O–H groups in total. The maximum Gasteiger partial charge on any atom is 0.274 e. The summed E-state index contributed by atoms with van der Waals surface area (Å²) in [6.45, 7) is 2.89. The molecule has 0 radical (unpaired) electrons. The van der Waals surface area contributed by atoms with E-state index in [9.17, 15) is 4.79 Å². The van der Waals surface area contributed by atoms with E-state index in [1.807, 2.05) is 0 Å². The van der Waals surface area contributed by atoms with Crippen molar-refractivity contribution in [1.29, 1.82) is 0 Å². The number of aromatic nitrogens is 4. The Morgan fingerprint density at radius 3 is 3.25 bits per heavy atom. The zero-order valence-corrected chi connectivity index (χ0v) is 11.3. The minimum atomic E-state index is -0.133. The fraction of sp³-hybridized carbons (Fsp3) is 0.615. The number of fused-ring (bicyclic) bond motifs is 1. The van der Waals surface area contributed by atoms with Crippen LogP contribution in [0.3, 0.4) is 0 Å².